The van der Waals surface area contributed by atoms with Gasteiger partial charge in [-0.2, -0.15) is 0 Å². The minimum Gasteiger partial charge on any atom is -0.477 e. The van der Waals surface area contributed by atoms with Crippen molar-refractivity contribution in [3.05, 3.63) is 51.3 Å². The smallest absolute Gasteiger partial charge is 0.348 e. The minimum atomic E-state index is -0.975. The molecule has 0 atom stereocenters. The van der Waals surface area contributed by atoms with E-state index < -0.39 is 5.97 Å². The average Bonchev–Trinajstić information content (AvgIpc) is 2.75. The maximum atomic E-state index is 11.2. The number of nitrogens with two attached hydrogens (primary N) is 1. The lowest BCUT2D eigenvalue weighted by Gasteiger charge is -2.04. The molecular formula is C16H12BrNO2S. The highest BCUT2D eigenvalue weighted by molar-refractivity contribution is 9.10. The van der Waals surface area contributed by atoms with E-state index in [-0.39, 0.29) is 4.88 Å². The lowest BCUT2D eigenvalue weighted by Crippen LogP contribution is -1.97. The summed E-state index contributed by atoms with van der Waals surface area (Å²) in [6.45, 7) is 1.86. The Labute approximate surface area is 134 Å². The molecule has 1 heterocycles. The number of benzene rings is 2. The Bertz CT molecular complexity index is 870. The van der Waals surface area contributed by atoms with Crippen molar-refractivity contribution >= 4 is 49.7 Å². The molecule has 0 radical (unpaired) electrons. The van der Waals surface area contributed by atoms with Crippen molar-refractivity contribution < 1.29 is 9.90 Å². The monoisotopic (exact) mass is 361 g/mol. The van der Waals surface area contributed by atoms with Crippen LogP contribution in [0.2, 0.25) is 0 Å². The molecule has 0 saturated heterocycles. The Balaban J connectivity index is 2.19. The Morgan fingerprint density at radius 1 is 1.19 bits per heavy atom. The summed E-state index contributed by atoms with van der Waals surface area (Å²) in [5, 5.41) is 11.4. The van der Waals surface area contributed by atoms with Gasteiger partial charge in [0.25, 0.3) is 0 Å². The second-order valence-corrected chi connectivity index (χ2v) is 6.75. The van der Waals surface area contributed by atoms with E-state index >= 15 is 0 Å². The van der Waals surface area contributed by atoms with Crippen LogP contribution in [0.4, 0.5) is 5.69 Å². The number of carboxylic acid groups (broad SMARTS) is 1. The first-order valence-electron chi connectivity index (χ1n) is 6.29. The summed E-state index contributed by atoms with van der Waals surface area (Å²) in [5.74, 6) is -0.975. The number of carbonyl (C=O) groups is 1. The molecule has 0 spiro atoms. The van der Waals surface area contributed by atoms with Crippen molar-refractivity contribution in [2.45, 2.75) is 6.92 Å². The first kappa shape index (κ1) is 14.1. The van der Waals surface area contributed by atoms with E-state index in [9.17, 15) is 9.90 Å². The van der Waals surface area contributed by atoms with E-state index in [0.717, 1.165) is 31.2 Å². The molecule has 0 amide bonds. The van der Waals surface area contributed by atoms with Crippen molar-refractivity contribution in [1.82, 2.24) is 0 Å². The van der Waals surface area contributed by atoms with Gasteiger partial charge in [-0.25, -0.2) is 4.79 Å². The molecular weight excluding hydrogens is 350 g/mol. The fourth-order valence-electron chi connectivity index (χ4n) is 2.32. The summed E-state index contributed by atoms with van der Waals surface area (Å²) < 4.78 is 1.03. The zero-order valence-corrected chi connectivity index (χ0v) is 13.6. The zero-order valence-electron chi connectivity index (χ0n) is 11.2. The summed E-state index contributed by atoms with van der Waals surface area (Å²) in [5.41, 5.74) is 8.08. The van der Waals surface area contributed by atoms with Gasteiger partial charge in [0.2, 0.25) is 0 Å². The highest BCUT2D eigenvalue weighted by Gasteiger charge is 2.18. The minimum absolute atomic E-state index is 0.207. The summed E-state index contributed by atoms with van der Waals surface area (Å²) in [4.78, 5) is 12.3. The first-order chi connectivity index (χ1) is 9.97. The van der Waals surface area contributed by atoms with E-state index in [1.165, 1.54) is 11.3 Å². The molecule has 21 heavy (non-hydrogen) atoms. The van der Waals surface area contributed by atoms with E-state index in [4.69, 9.17) is 5.73 Å². The van der Waals surface area contributed by atoms with Crippen LogP contribution in [-0.2, 0) is 0 Å². The van der Waals surface area contributed by atoms with E-state index in [2.05, 4.69) is 28.1 Å². The predicted molar refractivity (Wildman–Crippen MR) is 91.1 cm³/mol. The quantitative estimate of drug-likeness (QED) is 0.680. The summed E-state index contributed by atoms with van der Waals surface area (Å²) in [6, 6.07) is 12.2. The van der Waals surface area contributed by atoms with Crippen LogP contribution in [0.3, 0.4) is 0 Å². The van der Waals surface area contributed by atoms with Crippen molar-refractivity contribution in [1.29, 1.82) is 0 Å². The van der Waals surface area contributed by atoms with Gasteiger partial charge in [0.1, 0.15) is 4.88 Å². The zero-order chi connectivity index (χ0) is 15.1. The third-order valence-electron chi connectivity index (χ3n) is 3.45. The summed E-state index contributed by atoms with van der Waals surface area (Å²) in [7, 11) is 0. The van der Waals surface area contributed by atoms with Gasteiger partial charge in [0.05, 0.1) is 5.69 Å². The third kappa shape index (κ3) is 2.43. The maximum Gasteiger partial charge on any atom is 0.348 e. The lowest BCUT2D eigenvalue weighted by molar-refractivity contribution is 0.0703. The Morgan fingerprint density at radius 3 is 2.52 bits per heavy atom. The predicted octanol–water partition coefficient (Wildman–Crippen LogP) is 4.92. The van der Waals surface area contributed by atoms with Crippen LogP contribution in [0, 0.1) is 6.92 Å². The molecule has 1 aromatic heterocycles. The normalized spacial score (nSPS) is 11.0. The highest BCUT2D eigenvalue weighted by Crippen LogP contribution is 2.39. The molecule has 3 rings (SSSR count). The molecule has 3 nitrogen and oxygen atoms in total. The number of thiophene rings is 1. The van der Waals surface area contributed by atoms with Gasteiger partial charge in [-0.15, -0.1) is 11.3 Å². The highest BCUT2D eigenvalue weighted by atomic mass is 79.9. The maximum absolute atomic E-state index is 11.2. The second kappa shape index (κ2) is 5.16. The number of aromatic carboxylic acids is 1. The Hall–Kier alpha value is -1.85. The number of hydrogen-bond donors (Lipinski definition) is 2. The average molecular weight is 362 g/mol. The van der Waals surface area contributed by atoms with Crippen LogP contribution >= 0.6 is 27.3 Å². The van der Waals surface area contributed by atoms with Crippen molar-refractivity contribution in [2.24, 2.45) is 0 Å². The molecule has 0 unspecified atom stereocenters. The first-order valence-corrected chi connectivity index (χ1v) is 7.90. The fraction of sp³-hybridized carbons (Fsp3) is 0.0625. The molecule has 3 aromatic rings. The summed E-state index contributed by atoms with van der Waals surface area (Å²) in [6.07, 6.45) is 0. The fourth-order valence-corrected chi connectivity index (χ4v) is 3.76. The largest absolute Gasteiger partial charge is 0.477 e. The van der Waals surface area contributed by atoms with Crippen LogP contribution in [0.25, 0.3) is 21.2 Å². The van der Waals surface area contributed by atoms with Crippen molar-refractivity contribution in [3.8, 4) is 10.4 Å². The Morgan fingerprint density at radius 2 is 1.86 bits per heavy atom. The van der Waals surface area contributed by atoms with Crippen molar-refractivity contribution in [3.63, 3.8) is 0 Å². The third-order valence-corrected chi connectivity index (χ3v) is 5.29. The topological polar surface area (TPSA) is 63.3 Å². The van der Waals surface area contributed by atoms with Gasteiger partial charge in [0.15, 0.2) is 0 Å². The lowest BCUT2D eigenvalue weighted by atomic mass is 10.0. The second-order valence-electron chi connectivity index (χ2n) is 4.81. The molecule has 106 valence electrons. The molecule has 2 aromatic carbocycles. The van der Waals surface area contributed by atoms with E-state index in [0.29, 0.717) is 5.69 Å². The molecule has 5 heteroatoms. The number of nitrogen functional groups attached to an aromatic ring is 1. The number of fused-ring (bicyclic) bond motifs is 1. The Kier molecular flexibility index (Phi) is 3.47. The molecule has 0 bridgehead atoms. The number of carboxylic acids is 1. The van der Waals surface area contributed by atoms with Crippen LogP contribution in [0.15, 0.2) is 40.9 Å². The van der Waals surface area contributed by atoms with Crippen LogP contribution in [0.1, 0.15) is 15.2 Å². The van der Waals surface area contributed by atoms with Gasteiger partial charge in [0, 0.05) is 9.35 Å². The molecule has 0 saturated carbocycles. The van der Waals surface area contributed by atoms with Crippen molar-refractivity contribution in [2.75, 3.05) is 5.73 Å². The van der Waals surface area contributed by atoms with Gasteiger partial charge in [-0.05, 0) is 47.0 Å². The number of rotatable bonds is 2. The molecule has 0 aliphatic rings. The van der Waals surface area contributed by atoms with Gasteiger partial charge >= 0.3 is 5.97 Å². The number of hydrogen-bond acceptors (Lipinski definition) is 3. The van der Waals surface area contributed by atoms with Crippen LogP contribution in [0.5, 0.6) is 0 Å². The van der Waals surface area contributed by atoms with E-state index in [1.54, 1.807) is 0 Å². The van der Waals surface area contributed by atoms with Gasteiger partial charge in [-0.3, -0.25) is 0 Å². The molecule has 3 N–H and O–H groups in total. The number of anilines is 1. The summed E-state index contributed by atoms with van der Waals surface area (Å²) >= 11 is 4.68. The van der Waals surface area contributed by atoms with Crippen LogP contribution < -0.4 is 5.73 Å². The molecule has 0 aliphatic carbocycles. The number of halogens is 1. The van der Waals surface area contributed by atoms with Gasteiger partial charge in [-0.1, -0.05) is 34.1 Å². The van der Waals surface area contributed by atoms with E-state index in [1.807, 2.05) is 31.2 Å². The SMILES string of the molecule is Cc1c(-c2ccc3cc(Br)ccc3c2)sc(C(=O)O)c1N. The van der Waals surface area contributed by atoms with Crippen LogP contribution in [-0.4, -0.2) is 11.1 Å². The molecule has 0 fully saturated rings. The van der Waals surface area contributed by atoms with Gasteiger partial charge < -0.3 is 10.8 Å². The standard InChI is InChI=1S/C16H12BrNO2S/c1-8-13(18)15(16(19)20)21-14(8)11-3-2-10-7-12(17)5-4-9(10)6-11/h2-7H,18H2,1H3,(H,19,20). The molecule has 0 aliphatic heterocycles.